The van der Waals surface area contributed by atoms with Gasteiger partial charge in [-0.15, -0.1) is 0 Å². The van der Waals surface area contributed by atoms with Crippen LogP contribution in [0.25, 0.3) is 0 Å². The second-order valence-electron chi connectivity index (χ2n) is 4.20. The number of nitrogen functional groups attached to an aromatic ring is 1. The molecule has 0 saturated carbocycles. The maximum Gasteiger partial charge on any atom is 0.151 e. The van der Waals surface area contributed by atoms with Crippen LogP contribution in [0.1, 0.15) is 18.2 Å². The summed E-state index contributed by atoms with van der Waals surface area (Å²) in [6, 6.07) is 8.13. The van der Waals surface area contributed by atoms with Crippen LogP contribution in [0.5, 0.6) is 0 Å². The highest BCUT2D eigenvalue weighted by molar-refractivity contribution is 5.92. The van der Waals surface area contributed by atoms with E-state index in [9.17, 15) is 0 Å². The van der Waals surface area contributed by atoms with Gasteiger partial charge >= 0.3 is 0 Å². The topological polar surface area (TPSA) is 78.9 Å². The van der Waals surface area contributed by atoms with Gasteiger partial charge in [0.2, 0.25) is 0 Å². The number of amidine groups is 1. The first-order valence-electron chi connectivity index (χ1n) is 6.13. The van der Waals surface area contributed by atoms with E-state index in [1.54, 1.807) is 6.20 Å². The first-order valence-corrected chi connectivity index (χ1v) is 6.13. The molecule has 0 fully saturated rings. The van der Waals surface area contributed by atoms with Crippen LogP contribution in [-0.4, -0.2) is 22.3 Å². The number of nitrogens with zero attached hydrogens (tertiary/aromatic N) is 3. The predicted molar refractivity (Wildman–Crippen MR) is 76.9 cm³/mol. The van der Waals surface area contributed by atoms with Gasteiger partial charge in [0, 0.05) is 12.2 Å². The van der Waals surface area contributed by atoms with E-state index in [0.29, 0.717) is 5.69 Å². The molecular formula is C14H17N5. The number of aromatic nitrogens is 2. The number of nitrogens with one attached hydrogen (secondary N) is 1. The largest absolute Gasteiger partial charge is 0.382 e. The molecule has 0 saturated heterocycles. The molecule has 0 aliphatic carbocycles. The summed E-state index contributed by atoms with van der Waals surface area (Å²) in [6.45, 7) is 4.92. The Kier molecular flexibility index (Phi) is 3.75. The molecule has 0 bridgehead atoms. The summed E-state index contributed by atoms with van der Waals surface area (Å²) in [4.78, 5) is 10.6. The molecule has 0 aliphatic heterocycles. The zero-order valence-corrected chi connectivity index (χ0v) is 11.1. The molecule has 3 N–H and O–H groups in total. The summed E-state index contributed by atoms with van der Waals surface area (Å²) in [5, 5.41) is 7.32. The average molecular weight is 255 g/mol. The van der Waals surface area contributed by atoms with E-state index >= 15 is 0 Å². The molecule has 98 valence electrons. The number of aryl methyl sites for hydroxylation is 1. The van der Waals surface area contributed by atoms with Crippen molar-refractivity contribution in [1.29, 1.82) is 5.41 Å². The number of hydrogen-bond donors (Lipinski definition) is 2. The van der Waals surface area contributed by atoms with Gasteiger partial charge in [0.1, 0.15) is 11.5 Å². The van der Waals surface area contributed by atoms with Crippen LogP contribution >= 0.6 is 0 Å². The van der Waals surface area contributed by atoms with Gasteiger partial charge in [-0.25, -0.2) is 9.97 Å². The predicted octanol–water partition coefficient (Wildman–Crippen LogP) is 2.23. The fourth-order valence-corrected chi connectivity index (χ4v) is 1.92. The monoisotopic (exact) mass is 255 g/mol. The summed E-state index contributed by atoms with van der Waals surface area (Å²) in [5.41, 5.74) is 8.06. The quantitative estimate of drug-likeness (QED) is 0.648. The van der Waals surface area contributed by atoms with Crippen LogP contribution in [0.2, 0.25) is 0 Å². The van der Waals surface area contributed by atoms with Crippen molar-refractivity contribution in [3.63, 3.8) is 0 Å². The Balaban J connectivity index is 2.37. The number of nitrogens with two attached hydrogens (primary N) is 1. The van der Waals surface area contributed by atoms with E-state index in [1.165, 1.54) is 11.8 Å². The molecular weight excluding hydrogens is 238 g/mol. The molecule has 0 radical (unpaired) electrons. The van der Waals surface area contributed by atoms with E-state index in [2.05, 4.69) is 40.8 Å². The number of rotatable bonds is 4. The third-order valence-electron chi connectivity index (χ3n) is 2.91. The zero-order chi connectivity index (χ0) is 13.8. The van der Waals surface area contributed by atoms with Crippen LogP contribution in [0.15, 0.2) is 36.7 Å². The molecule has 0 atom stereocenters. The van der Waals surface area contributed by atoms with Gasteiger partial charge in [0.25, 0.3) is 0 Å². The van der Waals surface area contributed by atoms with Crippen LogP contribution in [0, 0.1) is 12.3 Å². The SMILES string of the molecule is CCN(c1cnc(C(=N)N)cn1)c1ccccc1C. The maximum absolute atomic E-state index is 7.32. The van der Waals surface area contributed by atoms with Crippen LogP contribution in [0.3, 0.4) is 0 Å². The summed E-state index contributed by atoms with van der Waals surface area (Å²) >= 11 is 0. The molecule has 0 amide bonds. The van der Waals surface area contributed by atoms with Crippen molar-refractivity contribution in [2.24, 2.45) is 5.73 Å². The lowest BCUT2D eigenvalue weighted by molar-refractivity contribution is 0.967. The Morgan fingerprint density at radius 1 is 1.26 bits per heavy atom. The lowest BCUT2D eigenvalue weighted by atomic mass is 10.2. The van der Waals surface area contributed by atoms with Crippen LogP contribution < -0.4 is 10.6 Å². The third-order valence-corrected chi connectivity index (χ3v) is 2.91. The Labute approximate surface area is 112 Å². The van der Waals surface area contributed by atoms with Crippen molar-refractivity contribution >= 4 is 17.3 Å². The normalized spacial score (nSPS) is 10.2. The Morgan fingerprint density at radius 2 is 2.00 bits per heavy atom. The minimum Gasteiger partial charge on any atom is -0.382 e. The summed E-state index contributed by atoms with van der Waals surface area (Å²) in [7, 11) is 0. The summed E-state index contributed by atoms with van der Waals surface area (Å²) in [6.07, 6.45) is 3.17. The Bertz CT molecular complexity index is 577. The minimum atomic E-state index is -0.0713. The van der Waals surface area contributed by atoms with Crippen molar-refractivity contribution in [3.05, 3.63) is 47.9 Å². The molecule has 1 aromatic carbocycles. The van der Waals surface area contributed by atoms with Crippen LogP contribution in [-0.2, 0) is 0 Å². The van der Waals surface area contributed by atoms with Gasteiger partial charge in [-0.1, -0.05) is 18.2 Å². The standard InChI is InChI=1S/C14H17N5/c1-3-19(12-7-5-4-6-10(12)2)13-9-17-11(8-18-13)14(15)16/h4-9H,3H2,1-2H3,(H3,15,16). The molecule has 0 spiro atoms. The number of para-hydroxylation sites is 1. The van der Waals surface area contributed by atoms with Gasteiger partial charge in [-0.2, -0.15) is 0 Å². The fraction of sp³-hybridized carbons (Fsp3) is 0.214. The zero-order valence-electron chi connectivity index (χ0n) is 11.1. The average Bonchev–Trinajstić information content (AvgIpc) is 2.42. The summed E-state index contributed by atoms with van der Waals surface area (Å²) in [5.74, 6) is 0.680. The van der Waals surface area contributed by atoms with Crippen molar-refractivity contribution < 1.29 is 0 Å². The van der Waals surface area contributed by atoms with Crippen molar-refractivity contribution in [2.75, 3.05) is 11.4 Å². The van der Waals surface area contributed by atoms with E-state index in [0.717, 1.165) is 18.1 Å². The highest BCUT2D eigenvalue weighted by atomic mass is 15.2. The van der Waals surface area contributed by atoms with Gasteiger partial charge in [-0.05, 0) is 25.5 Å². The van der Waals surface area contributed by atoms with Gasteiger partial charge in [0.15, 0.2) is 5.82 Å². The first kappa shape index (κ1) is 13.0. The van der Waals surface area contributed by atoms with E-state index in [4.69, 9.17) is 11.1 Å². The van der Waals surface area contributed by atoms with Crippen molar-refractivity contribution in [2.45, 2.75) is 13.8 Å². The lowest BCUT2D eigenvalue weighted by Gasteiger charge is -2.23. The van der Waals surface area contributed by atoms with Gasteiger partial charge < -0.3 is 10.6 Å². The number of anilines is 2. The molecule has 19 heavy (non-hydrogen) atoms. The molecule has 1 heterocycles. The highest BCUT2D eigenvalue weighted by Crippen LogP contribution is 2.25. The lowest BCUT2D eigenvalue weighted by Crippen LogP contribution is -2.20. The second kappa shape index (κ2) is 5.48. The first-order chi connectivity index (χ1) is 9.13. The molecule has 2 aromatic rings. The summed E-state index contributed by atoms with van der Waals surface area (Å²) < 4.78 is 0. The maximum atomic E-state index is 7.32. The van der Waals surface area contributed by atoms with E-state index < -0.39 is 0 Å². The molecule has 1 aromatic heterocycles. The molecule has 0 aliphatic rings. The number of benzene rings is 1. The van der Waals surface area contributed by atoms with Crippen molar-refractivity contribution in [3.8, 4) is 0 Å². The van der Waals surface area contributed by atoms with E-state index in [-0.39, 0.29) is 5.84 Å². The third kappa shape index (κ3) is 2.70. The molecule has 0 unspecified atom stereocenters. The van der Waals surface area contributed by atoms with Gasteiger partial charge in [0.05, 0.1) is 12.4 Å². The smallest absolute Gasteiger partial charge is 0.151 e. The fourth-order valence-electron chi connectivity index (χ4n) is 1.92. The Morgan fingerprint density at radius 3 is 2.53 bits per heavy atom. The number of hydrogen-bond acceptors (Lipinski definition) is 4. The second-order valence-corrected chi connectivity index (χ2v) is 4.20. The minimum absolute atomic E-state index is 0.0713. The highest BCUT2D eigenvalue weighted by Gasteiger charge is 2.11. The Hall–Kier alpha value is -2.43. The molecule has 5 heteroatoms. The van der Waals surface area contributed by atoms with Crippen molar-refractivity contribution in [1.82, 2.24) is 9.97 Å². The van der Waals surface area contributed by atoms with Gasteiger partial charge in [-0.3, -0.25) is 5.41 Å². The molecule has 2 rings (SSSR count). The van der Waals surface area contributed by atoms with Crippen LogP contribution in [0.4, 0.5) is 11.5 Å². The molecule has 5 nitrogen and oxygen atoms in total. The van der Waals surface area contributed by atoms with E-state index in [1.807, 2.05) is 12.1 Å².